The number of para-hydroxylation sites is 1. The first-order valence-corrected chi connectivity index (χ1v) is 9.79. The Labute approximate surface area is 166 Å². The number of aliphatic hydroxyl groups is 4. The van der Waals surface area contributed by atoms with Crippen molar-refractivity contribution in [3.63, 3.8) is 0 Å². The first kappa shape index (κ1) is 20.6. The first-order chi connectivity index (χ1) is 13.4. The molecule has 1 amide bonds. The van der Waals surface area contributed by atoms with Gasteiger partial charge in [-0.05, 0) is 29.3 Å². The topological polar surface area (TPSA) is 133 Å². The van der Waals surface area contributed by atoms with Crippen LogP contribution in [0.1, 0.15) is 21.5 Å². The van der Waals surface area contributed by atoms with Crippen LogP contribution in [0, 0.1) is 0 Å². The largest absolute Gasteiger partial charge is 0.477 e. The zero-order chi connectivity index (χ0) is 20.3. The number of amides is 1. The molecular formula is C20H23NO6S. The van der Waals surface area contributed by atoms with Gasteiger partial charge in [0.05, 0.1) is 18.0 Å². The fourth-order valence-electron chi connectivity index (χ4n) is 3.06. The van der Waals surface area contributed by atoms with Gasteiger partial charge in [0.2, 0.25) is 5.91 Å². The van der Waals surface area contributed by atoms with Crippen molar-refractivity contribution in [3.8, 4) is 5.75 Å². The first-order valence-electron chi connectivity index (χ1n) is 8.84. The summed E-state index contributed by atoms with van der Waals surface area (Å²) in [4.78, 5) is 11.2. The van der Waals surface area contributed by atoms with Gasteiger partial charge in [-0.15, -0.1) is 11.8 Å². The molecule has 0 aliphatic carbocycles. The second kappa shape index (κ2) is 8.93. The number of nitrogens with two attached hydrogens (primary N) is 1. The second-order valence-electron chi connectivity index (χ2n) is 6.66. The normalized spacial score (nSPS) is 27.4. The predicted molar refractivity (Wildman–Crippen MR) is 105 cm³/mol. The average molecular weight is 405 g/mol. The number of benzene rings is 2. The Hall–Kier alpha value is -2.10. The van der Waals surface area contributed by atoms with Gasteiger partial charge in [0, 0.05) is 12.0 Å². The van der Waals surface area contributed by atoms with Crippen molar-refractivity contribution in [1.29, 1.82) is 0 Å². The molecule has 0 bridgehead atoms. The van der Waals surface area contributed by atoms with Crippen molar-refractivity contribution in [2.45, 2.75) is 35.4 Å². The van der Waals surface area contributed by atoms with E-state index in [1.54, 1.807) is 24.3 Å². The van der Waals surface area contributed by atoms with Crippen LogP contribution < -0.4 is 10.5 Å². The molecule has 150 valence electrons. The third-order valence-corrected chi connectivity index (χ3v) is 6.12. The van der Waals surface area contributed by atoms with E-state index in [-0.39, 0.29) is 6.61 Å². The number of rotatable bonds is 6. The van der Waals surface area contributed by atoms with Crippen LogP contribution in [-0.2, 0) is 6.42 Å². The molecule has 1 fully saturated rings. The number of hydrogen-bond donors (Lipinski definition) is 5. The predicted octanol–water partition coefficient (Wildman–Crippen LogP) is 0.272. The maximum absolute atomic E-state index is 11.2. The van der Waals surface area contributed by atoms with Gasteiger partial charge in [0.1, 0.15) is 18.0 Å². The Morgan fingerprint density at radius 1 is 1.00 bits per heavy atom. The maximum Gasteiger partial charge on any atom is 0.248 e. The van der Waals surface area contributed by atoms with Crippen molar-refractivity contribution in [3.05, 3.63) is 65.2 Å². The van der Waals surface area contributed by atoms with Crippen molar-refractivity contribution in [1.82, 2.24) is 0 Å². The van der Waals surface area contributed by atoms with E-state index in [0.29, 0.717) is 17.7 Å². The van der Waals surface area contributed by atoms with E-state index in [2.05, 4.69) is 0 Å². The fraction of sp³-hybridized carbons (Fsp3) is 0.350. The smallest absolute Gasteiger partial charge is 0.248 e. The number of ether oxygens (including phenoxy) is 1. The molecule has 6 N–H and O–H groups in total. The summed E-state index contributed by atoms with van der Waals surface area (Å²) >= 11 is 1.08. The van der Waals surface area contributed by atoms with E-state index < -0.39 is 34.9 Å². The lowest BCUT2D eigenvalue weighted by molar-refractivity contribution is -0.0910. The molecular weight excluding hydrogens is 382 g/mol. The van der Waals surface area contributed by atoms with Crippen LogP contribution in [0.3, 0.4) is 0 Å². The van der Waals surface area contributed by atoms with Crippen molar-refractivity contribution < 1.29 is 30.0 Å². The lowest BCUT2D eigenvalue weighted by atomic mass is 10.0. The zero-order valence-corrected chi connectivity index (χ0v) is 15.8. The lowest BCUT2D eigenvalue weighted by Gasteiger charge is -2.39. The minimum Gasteiger partial charge on any atom is -0.477 e. The van der Waals surface area contributed by atoms with Crippen LogP contribution in [0.5, 0.6) is 5.75 Å². The molecule has 28 heavy (non-hydrogen) atoms. The zero-order valence-electron chi connectivity index (χ0n) is 15.0. The highest BCUT2D eigenvalue weighted by molar-refractivity contribution is 8.00. The Balaban J connectivity index is 1.77. The number of hydrogen-bond acceptors (Lipinski definition) is 7. The molecule has 0 radical (unpaired) electrons. The lowest BCUT2D eigenvalue weighted by Crippen LogP contribution is -2.55. The van der Waals surface area contributed by atoms with Gasteiger partial charge in [-0.1, -0.05) is 30.3 Å². The molecule has 5 atom stereocenters. The number of carbonyl (C=O) groups excluding carboxylic acids is 1. The standard InChI is InChI=1S/C20H23NO6S/c21-19(26)12-7-5-11(6-8-12)9-13-3-1-2-4-14(13)27-20-18(25)17(24)16(23)15(10-22)28-20/h1-8,15-18,20,22-25H,9-10H2,(H2,21,26)/t15-,16-,17+,18-,20-/m1/s1. The highest BCUT2D eigenvalue weighted by Gasteiger charge is 2.44. The summed E-state index contributed by atoms with van der Waals surface area (Å²) in [5.74, 6) is 0.0380. The molecule has 3 rings (SSSR count). The summed E-state index contributed by atoms with van der Waals surface area (Å²) in [6, 6.07) is 14.2. The van der Waals surface area contributed by atoms with Crippen LogP contribution in [0.15, 0.2) is 48.5 Å². The van der Waals surface area contributed by atoms with E-state index in [9.17, 15) is 25.2 Å². The molecule has 0 spiro atoms. The molecule has 0 unspecified atom stereocenters. The SMILES string of the molecule is NC(=O)c1ccc(Cc2ccccc2O[C@@H]2S[C@H](CO)[C@@H](O)[C@H](O)[C@H]2O)cc1. The maximum atomic E-state index is 11.2. The molecule has 1 saturated heterocycles. The second-order valence-corrected chi connectivity index (χ2v) is 8.00. The van der Waals surface area contributed by atoms with E-state index in [0.717, 1.165) is 22.9 Å². The summed E-state index contributed by atoms with van der Waals surface area (Å²) < 4.78 is 5.94. The van der Waals surface area contributed by atoms with Gasteiger partial charge >= 0.3 is 0 Å². The number of aliphatic hydroxyl groups excluding tert-OH is 4. The van der Waals surface area contributed by atoms with Crippen LogP contribution in [0.4, 0.5) is 0 Å². The van der Waals surface area contributed by atoms with Crippen molar-refractivity contribution in [2.75, 3.05) is 6.61 Å². The van der Waals surface area contributed by atoms with E-state index in [4.69, 9.17) is 10.5 Å². The molecule has 0 aromatic heterocycles. The highest BCUT2D eigenvalue weighted by atomic mass is 32.2. The van der Waals surface area contributed by atoms with Crippen LogP contribution in [0.2, 0.25) is 0 Å². The van der Waals surface area contributed by atoms with E-state index in [1.807, 2.05) is 24.3 Å². The van der Waals surface area contributed by atoms with Gasteiger partial charge in [0.25, 0.3) is 0 Å². The minimum absolute atomic E-state index is 0.344. The van der Waals surface area contributed by atoms with E-state index in [1.165, 1.54) is 0 Å². The van der Waals surface area contributed by atoms with Gasteiger partial charge in [0.15, 0.2) is 5.44 Å². The van der Waals surface area contributed by atoms with Crippen molar-refractivity contribution in [2.24, 2.45) is 5.73 Å². The van der Waals surface area contributed by atoms with Crippen LogP contribution in [0.25, 0.3) is 0 Å². The van der Waals surface area contributed by atoms with Gasteiger partial charge in [-0.3, -0.25) is 4.79 Å². The number of primary amides is 1. The summed E-state index contributed by atoms with van der Waals surface area (Å²) in [5.41, 5.74) is 6.65. The van der Waals surface area contributed by atoms with E-state index >= 15 is 0 Å². The Morgan fingerprint density at radius 3 is 2.32 bits per heavy atom. The third kappa shape index (κ3) is 4.48. The van der Waals surface area contributed by atoms with Gasteiger partial charge in [-0.25, -0.2) is 0 Å². The van der Waals surface area contributed by atoms with Crippen LogP contribution in [-0.4, -0.2) is 61.9 Å². The molecule has 2 aromatic carbocycles. The number of carbonyl (C=O) groups is 1. The molecule has 1 aliphatic rings. The molecule has 2 aromatic rings. The Kier molecular flexibility index (Phi) is 6.58. The van der Waals surface area contributed by atoms with Crippen LogP contribution >= 0.6 is 11.8 Å². The van der Waals surface area contributed by atoms with Crippen molar-refractivity contribution >= 4 is 17.7 Å². The molecule has 0 saturated carbocycles. The molecule has 1 aliphatic heterocycles. The number of thioether (sulfide) groups is 1. The summed E-state index contributed by atoms with van der Waals surface area (Å²) in [6.45, 7) is -0.344. The average Bonchev–Trinajstić information content (AvgIpc) is 2.70. The molecule has 7 nitrogen and oxygen atoms in total. The molecule has 1 heterocycles. The highest BCUT2D eigenvalue weighted by Crippen LogP contribution is 2.35. The van der Waals surface area contributed by atoms with Gasteiger partial charge in [-0.2, -0.15) is 0 Å². The summed E-state index contributed by atoms with van der Waals surface area (Å²) in [5, 5.41) is 39.0. The quantitative estimate of drug-likeness (QED) is 0.466. The Morgan fingerprint density at radius 2 is 1.68 bits per heavy atom. The Bertz CT molecular complexity index is 813. The monoisotopic (exact) mass is 405 g/mol. The summed E-state index contributed by atoms with van der Waals surface area (Å²) in [6.07, 6.45) is -3.41. The summed E-state index contributed by atoms with van der Waals surface area (Å²) in [7, 11) is 0. The fourth-order valence-corrected chi connectivity index (χ4v) is 4.30. The molecule has 8 heteroatoms. The third-order valence-electron chi connectivity index (χ3n) is 4.70. The van der Waals surface area contributed by atoms with Gasteiger partial charge < -0.3 is 30.9 Å². The minimum atomic E-state index is -1.41.